The summed E-state index contributed by atoms with van der Waals surface area (Å²) < 4.78 is 38.3. The van der Waals surface area contributed by atoms with Gasteiger partial charge in [-0.1, -0.05) is 20.3 Å². The highest BCUT2D eigenvalue weighted by Gasteiger charge is 2.44. The third-order valence-corrected chi connectivity index (χ3v) is 4.31. The molecule has 0 heterocycles. The third kappa shape index (κ3) is 4.35. The predicted molar refractivity (Wildman–Crippen MR) is 72.2 cm³/mol. The fraction of sp³-hybridized carbons (Fsp3) is 1.00. The number of alkyl halides is 3. The van der Waals surface area contributed by atoms with Crippen LogP contribution in [0.4, 0.5) is 13.2 Å². The smallest absolute Gasteiger partial charge is 0.315 e. The number of hydrogen-bond donors (Lipinski definition) is 1. The molecule has 0 aromatic rings. The van der Waals surface area contributed by atoms with Gasteiger partial charge in [-0.15, -0.1) is 0 Å². The number of halogens is 3. The van der Waals surface area contributed by atoms with Gasteiger partial charge in [-0.25, -0.2) is 0 Å². The van der Waals surface area contributed by atoms with Crippen molar-refractivity contribution in [3.05, 3.63) is 0 Å². The molecule has 5 heteroatoms. The summed E-state index contributed by atoms with van der Waals surface area (Å²) in [5.41, 5.74) is 0.0381. The quantitative estimate of drug-likeness (QED) is 0.849. The van der Waals surface area contributed by atoms with E-state index in [1.54, 1.807) is 4.90 Å². The Morgan fingerprint density at radius 2 is 1.89 bits per heavy atom. The van der Waals surface area contributed by atoms with Crippen LogP contribution in [0.25, 0.3) is 0 Å². The molecule has 0 bridgehead atoms. The lowest BCUT2D eigenvalue weighted by Gasteiger charge is -2.49. The lowest BCUT2D eigenvalue weighted by Crippen LogP contribution is -2.60. The van der Waals surface area contributed by atoms with Gasteiger partial charge in [0.15, 0.2) is 0 Å². The first-order chi connectivity index (χ1) is 8.58. The van der Waals surface area contributed by atoms with Crippen molar-refractivity contribution in [2.45, 2.75) is 71.3 Å². The van der Waals surface area contributed by atoms with E-state index in [2.05, 4.69) is 19.2 Å². The van der Waals surface area contributed by atoms with Crippen molar-refractivity contribution in [2.75, 3.05) is 13.6 Å². The Kier molecular flexibility index (Phi) is 5.29. The Labute approximate surface area is 114 Å². The third-order valence-electron chi connectivity index (χ3n) is 4.31. The average Bonchev–Trinajstić information content (AvgIpc) is 2.22. The van der Waals surface area contributed by atoms with Crippen LogP contribution in [0.2, 0.25) is 0 Å². The van der Waals surface area contributed by atoms with Crippen LogP contribution >= 0.6 is 0 Å². The summed E-state index contributed by atoms with van der Waals surface area (Å²) in [5, 5.41) is 3.26. The van der Waals surface area contributed by atoms with Gasteiger partial charge in [0, 0.05) is 18.1 Å². The van der Waals surface area contributed by atoms with Crippen molar-refractivity contribution in [1.82, 2.24) is 10.2 Å². The summed E-state index contributed by atoms with van der Waals surface area (Å²) in [7, 11) is 1.86. The summed E-state index contributed by atoms with van der Waals surface area (Å²) in [4.78, 5) is 1.61. The molecule has 1 aliphatic carbocycles. The molecule has 19 heavy (non-hydrogen) atoms. The van der Waals surface area contributed by atoms with E-state index in [4.69, 9.17) is 0 Å². The van der Waals surface area contributed by atoms with Crippen molar-refractivity contribution >= 4 is 0 Å². The molecule has 0 spiro atoms. The first kappa shape index (κ1) is 16.8. The molecule has 1 N–H and O–H groups in total. The predicted octanol–water partition coefficient (Wildman–Crippen LogP) is 3.43. The van der Waals surface area contributed by atoms with E-state index in [0.717, 1.165) is 19.3 Å². The van der Waals surface area contributed by atoms with Gasteiger partial charge in [0.2, 0.25) is 0 Å². The minimum atomic E-state index is -4.13. The van der Waals surface area contributed by atoms with Crippen LogP contribution in [0.1, 0.15) is 47.0 Å². The molecule has 2 unspecified atom stereocenters. The zero-order chi connectivity index (χ0) is 14.8. The molecule has 2 atom stereocenters. The highest BCUT2D eigenvalue weighted by atomic mass is 19.4. The summed E-state index contributed by atoms with van der Waals surface area (Å²) in [6.45, 7) is 7.17. The summed E-state index contributed by atoms with van der Waals surface area (Å²) in [6, 6.07) is -0.0438. The molecule has 2 nitrogen and oxygen atoms in total. The average molecular weight is 280 g/mol. The number of nitrogens with zero attached hydrogens (tertiary/aromatic N) is 1. The Morgan fingerprint density at radius 1 is 1.32 bits per heavy atom. The molecule has 0 saturated heterocycles. The van der Waals surface area contributed by atoms with E-state index in [9.17, 15) is 13.2 Å². The van der Waals surface area contributed by atoms with Crippen LogP contribution < -0.4 is 5.32 Å². The first-order valence-corrected chi connectivity index (χ1v) is 7.08. The van der Waals surface area contributed by atoms with Crippen LogP contribution in [0, 0.1) is 5.41 Å². The van der Waals surface area contributed by atoms with Gasteiger partial charge >= 0.3 is 6.18 Å². The maximum absolute atomic E-state index is 12.8. The molecule has 1 aliphatic rings. The SMILES string of the molecule is CNC1C(N(CC(F)(F)F)C(C)C)CCCC1(C)C. The van der Waals surface area contributed by atoms with Crippen molar-refractivity contribution in [3.8, 4) is 0 Å². The van der Waals surface area contributed by atoms with E-state index in [1.165, 1.54) is 0 Å². The second-order valence-corrected chi connectivity index (χ2v) is 6.60. The van der Waals surface area contributed by atoms with Crippen LogP contribution in [0.5, 0.6) is 0 Å². The summed E-state index contributed by atoms with van der Waals surface area (Å²) in [6.07, 6.45) is -1.24. The minimum absolute atomic E-state index is 0.0381. The second-order valence-electron chi connectivity index (χ2n) is 6.60. The van der Waals surface area contributed by atoms with Gasteiger partial charge in [0.25, 0.3) is 0 Å². The Hall–Kier alpha value is -0.290. The second kappa shape index (κ2) is 6.00. The molecular formula is C14H27F3N2. The topological polar surface area (TPSA) is 15.3 Å². The monoisotopic (exact) mass is 280 g/mol. The number of nitrogens with one attached hydrogen (secondary N) is 1. The fourth-order valence-corrected chi connectivity index (χ4v) is 3.44. The van der Waals surface area contributed by atoms with Crippen LogP contribution in [0.3, 0.4) is 0 Å². The van der Waals surface area contributed by atoms with Gasteiger partial charge < -0.3 is 5.32 Å². The van der Waals surface area contributed by atoms with E-state index in [1.807, 2.05) is 20.9 Å². The fourth-order valence-electron chi connectivity index (χ4n) is 3.44. The van der Waals surface area contributed by atoms with E-state index >= 15 is 0 Å². The van der Waals surface area contributed by atoms with Crippen molar-refractivity contribution in [2.24, 2.45) is 5.41 Å². The molecule has 0 aromatic carbocycles. The molecule has 1 rings (SSSR count). The number of likely N-dealkylation sites (N-methyl/N-ethyl adjacent to an activating group) is 1. The van der Waals surface area contributed by atoms with Crippen molar-refractivity contribution < 1.29 is 13.2 Å². The van der Waals surface area contributed by atoms with E-state index < -0.39 is 12.7 Å². The molecule has 0 radical (unpaired) electrons. The van der Waals surface area contributed by atoms with Crippen LogP contribution in [0.15, 0.2) is 0 Å². The van der Waals surface area contributed by atoms with Gasteiger partial charge in [0.1, 0.15) is 0 Å². The highest BCUT2D eigenvalue weighted by Crippen LogP contribution is 2.39. The number of rotatable bonds is 4. The Bertz CT molecular complexity index is 287. The molecule has 0 aromatic heterocycles. The van der Waals surface area contributed by atoms with Crippen LogP contribution in [-0.2, 0) is 0 Å². The molecular weight excluding hydrogens is 253 g/mol. The molecule has 1 fully saturated rings. The van der Waals surface area contributed by atoms with Gasteiger partial charge in [0.05, 0.1) is 6.54 Å². The summed E-state index contributed by atoms with van der Waals surface area (Å²) in [5.74, 6) is 0. The summed E-state index contributed by atoms with van der Waals surface area (Å²) >= 11 is 0. The van der Waals surface area contributed by atoms with Gasteiger partial charge in [-0.3, -0.25) is 4.90 Å². The molecule has 0 aliphatic heterocycles. The van der Waals surface area contributed by atoms with E-state index in [0.29, 0.717) is 0 Å². The zero-order valence-corrected chi connectivity index (χ0v) is 12.6. The maximum Gasteiger partial charge on any atom is 0.401 e. The Morgan fingerprint density at radius 3 is 2.32 bits per heavy atom. The standard InChI is InChI=1S/C14H27F3N2/c1-10(2)19(9-14(15,16)17)11-7-6-8-13(3,4)12(11)18-5/h10-12,18H,6-9H2,1-5H3. The molecule has 0 amide bonds. The first-order valence-electron chi connectivity index (χ1n) is 7.08. The molecule has 1 saturated carbocycles. The highest BCUT2D eigenvalue weighted by molar-refractivity contribution is 4.98. The van der Waals surface area contributed by atoms with E-state index in [-0.39, 0.29) is 23.5 Å². The minimum Gasteiger partial charge on any atom is -0.315 e. The van der Waals surface area contributed by atoms with Crippen molar-refractivity contribution in [1.29, 1.82) is 0 Å². The van der Waals surface area contributed by atoms with Crippen LogP contribution in [-0.4, -0.2) is 42.8 Å². The largest absolute Gasteiger partial charge is 0.401 e. The number of hydrogen-bond acceptors (Lipinski definition) is 2. The lowest BCUT2D eigenvalue weighted by molar-refractivity contribution is -0.160. The van der Waals surface area contributed by atoms with Gasteiger partial charge in [-0.05, 0) is 39.2 Å². The van der Waals surface area contributed by atoms with Crippen molar-refractivity contribution in [3.63, 3.8) is 0 Å². The van der Waals surface area contributed by atoms with Gasteiger partial charge in [-0.2, -0.15) is 13.2 Å². The lowest BCUT2D eigenvalue weighted by atomic mass is 9.70. The Balaban J connectivity index is 2.93. The normalized spacial score (nSPS) is 28.1. The molecule has 114 valence electrons. The zero-order valence-electron chi connectivity index (χ0n) is 12.6. The maximum atomic E-state index is 12.8.